The van der Waals surface area contributed by atoms with Gasteiger partial charge in [0.05, 0.1) is 5.69 Å². The van der Waals surface area contributed by atoms with Gasteiger partial charge in [0.25, 0.3) is 0 Å². The molecule has 1 aliphatic heterocycles. The van der Waals surface area contributed by atoms with Gasteiger partial charge in [-0.25, -0.2) is 19.3 Å². The summed E-state index contributed by atoms with van der Waals surface area (Å²) >= 11 is 0. The summed E-state index contributed by atoms with van der Waals surface area (Å²) < 4.78 is 13.4. The van der Waals surface area contributed by atoms with Crippen LogP contribution in [0.5, 0.6) is 0 Å². The van der Waals surface area contributed by atoms with Crippen LogP contribution in [0.25, 0.3) is 22.6 Å². The van der Waals surface area contributed by atoms with E-state index in [1.807, 2.05) is 6.20 Å². The zero-order chi connectivity index (χ0) is 18.9. The zero-order valence-electron chi connectivity index (χ0n) is 15.8. The third kappa shape index (κ3) is 3.83. The second-order valence-electron chi connectivity index (χ2n) is 7.99. The van der Waals surface area contributed by atoms with Gasteiger partial charge in [0, 0.05) is 42.2 Å². The van der Waals surface area contributed by atoms with Gasteiger partial charge in [-0.2, -0.15) is 0 Å². The Balaban J connectivity index is 1.26. The Labute approximate surface area is 164 Å². The van der Waals surface area contributed by atoms with E-state index in [-0.39, 0.29) is 5.82 Å². The van der Waals surface area contributed by atoms with Crippen LogP contribution in [0.15, 0.2) is 42.9 Å². The van der Waals surface area contributed by atoms with Gasteiger partial charge in [-0.15, -0.1) is 0 Å². The van der Waals surface area contributed by atoms with Crippen molar-refractivity contribution in [2.45, 2.75) is 31.6 Å². The fourth-order valence-corrected chi connectivity index (χ4v) is 3.99. The highest BCUT2D eigenvalue weighted by Crippen LogP contribution is 2.33. The Morgan fingerprint density at radius 3 is 2.54 bits per heavy atom. The Morgan fingerprint density at radius 1 is 1.04 bits per heavy atom. The van der Waals surface area contributed by atoms with E-state index in [4.69, 9.17) is 4.98 Å². The smallest absolute Gasteiger partial charge is 0.159 e. The van der Waals surface area contributed by atoms with Crippen LogP contribution in [0, 0.1) is 11.7 Å². The van der Waals surface area contributed by atoms with Gasteiger partial charge in [0.1, 0.15) is 11.6 Å². The molecule has 2 aliphatic rings. The number of rotatable bonds is 5. The van der Waals surface area contributed by atoms with E-state index >= 15 is 0 Å². The summed E-state index contributed by atoms with van der Waals surface area (Å²) in [6, 6.07) is 6.33. The Kier molecular flexibility index (Phi) is 4.64. The van der Waals surface area contributed by atoms with Crippen molar-refractivity contribution in [3.63, 3.8) is 0 Å². The molecule has 0 bridgehead atoms. The Hall–Kier alpha value is -2.60. The number of imidazole rings is 1. The molecule has 0 spiro atoms. The number of H-pyrrole nitrogens is 1. The normalized spacial score (nSPS) is 18.5. The van der Waals surface area contributed by atoms with Crippen molar-refractivity contribution in [2.75, 3.05) is 19.6 Å². The van der Waals surface area contributed by atoms with Crippen LogP contribution in [-0.2, 0) is 0 Å². The fraction of sp³-hybridized carbons (Fsp3) is 0.409. The minimum absolute atomic E-state index is 0.287. The van der Waals surface area contributed by atoms with Gasteiger partial charge in [0.15, 0.2) is 5.82 Å². The van der Waals surface area contributed by atoms with E-state index < -0.39 is 0 Å². The predicted octanol–water partition coefficient (Wildman–Crippen LogP) is 4.26. The highest BCUT2D eigenvalue weighted by molar-refractivity contribution is 5.60. The number of halogens is 1. The Bertz CT molecular complexity index is 940. The first kappa shape index (κ1) is 17.5. The molecule has 1 N–H and O–H groups in total. The number of aromatic nitrogens is 4. The fourth-order valence-electron chi connectivity index (χ4n) is 3.99. The maximum Gasteiger partial charge on any atom is 0.159 e. The van der Waals surface area contributed by atoms with E-state index in [1.165, 1.54) is 44.6 Å². The first-order valence-corrected chi connectivity index (χ1v) is 10.1. The molecule has 0 radical (unpaired) electrons. The molecule has 1 saturated carbocycles. The average molecular weight is 377 g/mol. The molecular weight excluding hydrogens is 353 g/mol. The maximum absolute atomic E-state index is 13.4. The van der Waals surface area contributed by atoms with Crippen molar-refractivity contribution in [1.29, 1.82) is 0 Å². The lowest BCUT2D eigenvalue weighted by Gasteiger charge is -2.31. The quantitative estimate of drug-likeness (QED) is 0.722. The number of aromatic amines is 1. The molecule has 6 heteroatoms. The van der Waals surface area contributed by atoms with Gasteiger partial charge in [0.2, 0.25) is 0 Å². The summed E-state index contributed by atoms with van der Waals surface area (Å²) in [5.41, 5.74) is 2.40. The molecule has 144 valence electrons. The molecule has 5 nitrogen and oxygen atoms in total. The number of hydrogen-bond acceptors (Lipinski definition) is 4. The lowest BCUT2D eigenvalue weighted by molar-refractivity contribution is 0.202. The number of likely N-dealkylation sites (tertiary alicyclic amines) is 1. The molecule has 28 heavy (non-hydrogen) atoms. The SMILES string of the molecule is Fc1cccc(-c2ncc(-c3c[nH]c(C4CCN(CC5CC5)CC4)n3)cn2)c1. The third-order valence-electron chi connectivity index (χ3n) is 5.82. The molecule has 2 fully saturated rings. The summed E-state index contributed by atoms with van der Waals surface area (Å²) in [4.78, 5) is 19.6. The molecule has 1 aliphatic carbocycles. The number of nitrogens with zero attached hydrogens (tertiary/aromatic N) is 4. The van der Waals surface area contributed by atoms with E-state index in [1.54, 1.807) is 24.5 Å². The molecular formula is C22H24FN5. The van der Waals surface area contributed by atoms with Crippen molar-refractivity contribution in [1.82, 2.24) is 24.8 Å². The number of piperidine rings is 1. The number of hydrogen-bond donors (Lipinski definition) is 1. The molecule has 3 heterocycles. The third-order valence-corrected chi connectivity index (χ3v) is 5.82. The zero-order valence-corrected chi connectivity index (χ0v) is 15.8. The summed E-state index contributed by atoms with van der Waals surface area (Å²) in [6.07, 6.45) is 10.6. The first-order chi connectivity index (χ1) is 13.7. The molecule has 3 aromatic rings. The topological polar surface area (TPSA) is 57.7 Å². The standard InChI is InChI=1S/C22H24FN5/c23-19-3-1-2-17(10-19)21-24-11-18(12-25-21)20-13-26-22(27-20)16-6-8-28(9-7-16)14-15-4-5-15/h1-3,10-13,15-16H,4-9,14H2,(H,26,27). The molecule has 1 aromatic carbocycles. The molecule has 0 atom stereocenters. The molecule has 0 unspecified atom stereocenters. The number of nitrogens with one attached hydrogen (secondary N) is 1. The largest absolute Gasteiger partial charge is 0.348 e. The van der Waals surface area contributed by atoms with E-state index in [0.29, 0.717) is 17.3 Å². The van der Waals surface area contributed by atoms with Gasteiger partial charge in [-0.1, -0.05) is 12.1 Å². The molecule has 0 amide bonds. The molecule has 2 aromatic heterocycles. The van der Waals surface area contributed by atoms with Crippen LogP contribution in [0.1, 0.15) is 37.4 Å². The van der Waals surface area contributed by atoms with E-state index in [9.17, 15) is 4.39 Å². The number of benzene rings is 1. The minimum Gasteiger partial charge on any atom is -0.348 e. The van der Waals surface area contributed by atoms with Gasteiger partial charge in [-0.3, -0.25) is 0 Å². The Morgan fingerprint density at radius 2 is 1.82 bits per heavy atom. The van der Waals surface area contributed by atoms with Gasteiger partial charge in [-0.05, 0) is 56.8 Å². The second kappa shape index (κ2) is 7.43. The summed E-state index contributed by atoms with van der Waals surface area (Å²) in [6.45, 7) is 3.62. The van der Waals surface area contributed by atoms with E-state index in [0.717, 1.165) is 35.8 Å². The highest BCUT2D eigenvalue weighted by Gasteiger charge is 2.28. The molecule has 1 saturated heterocycles. The maximum atomic E-state index is 13.4. The average Bonchev–Trinajstić information content (AvgIpc) is 3.40. The van der Waals surface area contributed by atoms with Crippen molar-refractivity contribution in [3.05, 3.63) is 54.5 Å². The van der Waals surface area contributed by atoms with Crippen LogP contribution < -0.4 is 0 Å². The highest BCUT2D eigenvalue weighted by atomic mass is 19.1. The van der Waals surface area contributed by atoms with Crippen molar-refractivity contribution in [3.8, 4) is 22.6 Å². The monoisotopic (exact) mass is 377 g/mol. The lowest BCUT2D eigenvalue weighted by atomic mass is 9.96. The van der Waals surface area contributed by atoms with Crippen LogP contribution in [0.3, 0.4) is 0 Å². The first-order valence-electron chi connectivity index (χ1n) is 10.1. The van der Waals surface area contributed by atoms with Crippen molar-refractivity contribution in [2.24, 2.45) is 5.92 Å². The minimum atomic E-state index is -0.287. The van der Waals surface area contributed by atoms with Crippen LogP contribution >= 0.6 is 0 Å². The molecule has 5 rings (SSSR count). The van der Waals surface area contributed by atoms with Crippen molar-refractivity contribution < 1.29 is 4.39 Å². The van der Waals surface area contributed by atoms with E-state index in [2.05, 4.69) is 19.9 Å². The van der Waals surface area contributed by atoms with Crippen molar-refractivity contribution >= 4 is 0 Å². The van der Waals surface area contributed by atoms with Crippen LogP contribution in [0.4, 0.5) is 4.39 Å². The second-order valence-corrected chi connectivity index (χ2v) is 7.99. The summed E-state index contributed by atoms with van der Waals surface area (Å²) in [5, 5.41) is 0. The van der Waals surface area contributed by atoms with Gasteiger partial charge < -0.3 is 9.88 Å². The summed E-state index contributed by atoms with van der Waals surface area (Å²) in [5.74, 6) is 2.75. The predicted molar refractivity (Wildman–Crippen MR) is 106 cm³/mol. The lowest BCUT2D eigenvalue weighted by Crippen LogP contribution is -2.34. The van der Waals surface area contributed by atoms with Crippen LogP contribution in [-0.4, -0.2) is 44.5 Å². The van der Waals surface area contributed by atoms with Crippen LogP contribution in [0.2, 0.25) is 0 Å². The van der Waals surface area contributed by atoms with Gasteiger partial charge >= 0.3 is 0 Å². The summed E-state index contributed by atoms with van der Waals surface area (Å²) in [7, 11) is 0.